The lowest BCUT2D eigenvalue weighted by Crippen LogP contribution is -1.99. The molecule has 0 bridgehead atoms. The molecule has 0 spiro atoms. The summed E-state index contributed by atoms with van der Waals surface area (Å²) in [6, 6.07) is 11.4. The first-order valence-electron chi connectivity index (χ1n) is 7.40. The first-order valence-corrected chi connectivity index (χ1v) is 8.28. The van der Waals surface area contributed by atoms with E-state index in [0.29, 0.717) is 5.56 Å². The number of aromatic carboxylic acids is 1. The van der Waals surface area contributed by atoms with Gasteiger partial charge >= 0.3 is 5.97 Å². The molecule has 4 heteroatoms. The zero-order valence-corrected chi connectivity index (χ0v) is 14.1. The van der Waals surface area contributed by atoms with Crippen molar-refractivity contribution < 1.29 is 9.90 Å². The lowest BCUT2D eigenvalue weighted by Gasteiger charge is -2.06. The molecule has 1 aromatic heterocycles. The molecule has 0 unspecified atom stereocenters. The van der Waals surface area contributed by atoms with Crippen molar-refractivity contribution >= 4 is 28.1 Å². The van der Waals surface area contributed by atoms with E-state index in [1.165, 1.54) is 11.3 Å². The van der Waals surface area contributed by atoms with Crippen LogP contribution in [-0.2, 0) is 0 Å². The number of hydrogen-bond acceptors (Lipinski definition) is 3. The Hall–Kier alpha value is -2.20. The van der Waals surface area contributed by atoms with E-state index in [1.54, 1.807) is 17.8 Å². The predicted molar refractivity (Wildman–Crippen MR) is 94.7 cm³/mol. The number of carboxylic acids is 1. The summed E-state index contributed by atoms with van der Waals surface area (Å²) < 4.78 is 0. The van der Waals surface area contributed by atoms with Gasteiger partial charge in [-0.15, -0.1) is 11.3 Å². The third-order valence-electron chi connectivity index (χ3n) is 2.81. The summed E-state index contributed by atoms with van der Waals surface area (Å²) in [4.78, 5) is 16.2. The van der Waals surface area contributed by atoms with E-state index in [0.717, 1.165) is 21.2 Å². The summed E-state index contributed by atoms with van der Waals surface area (Å²) in [7, 11) is 0. The smallest absolute Gasteiger partial charge is 0.336 e. The van der Waals surface area contributed by atoms with Crippen molar-refractivity contribution in [2.24, 2.45) is 0 Å². The van der Waals surface area contributed by atoms with Gasteiger partial charge in [0.1, 0.15) is 0 Å². The van der Waals surface area contributed by atoms with Gasteiger partial charge in [-0.2, -0.15) is 0 Å². The van der Waals surface area contributed by atoms with Gasteiger partial charge in [0.15, 0.2) is 0 Å². The van der Waals surface area contributed by atoms with Gasteiger partial charge in [0.25, 0.3) is 0 Å². The lowest BCUT2D eigenvalue weighted by molar-refractivity contribution is 0.0698. The Labute approximate surface area is 135 Å². The molecule has 0 saturated heterocycles. The molecule has 0 aliphatic heterocycles. The third-order valence-corrected chi connectivity index (χ3v) is 3.62. The summed E-state index contributed by atoms with van der Waals surface area (Å²) in [5, 5.41) is 11.3. The van der Waals surface area contributed by atoms with E-state index in [2.05, 4.69) is 4.98 Å². The Bertz CT molecular complexity index is 721. The Morgan fingerprint density at radius 3 is 2.14 bits per heavy atom. The van der Waals surface area contributed by atoms with Crippen LogP contribution in [0.3, 0.4) is 0 Å². The normalized spacial score (nSPS) is 9.27. The molecule has 3 nitrogen and oxygen atoms in total. The van der Waals surface area contributed by atoms with Crippen LogP contribution in [0.4, 0.5) is 0 Å². The molecule has 0 aliphatic rings. The number of nitrogens with zero attached hydrogens (tertiary/aromatic N) is 1. The van der Waals surface area contributed by atoms with Crippen molar-refractivity contribution in [1.82, 2.24) is 4.98 Å². The number of carboxylic acid groups (broad SMARTS) is 1. The number of thiazole rings is 1. The fourth-order valence-corrected chi connectivity index (χ4v) is 2.62. The van der Waals surface area contributed by atoms with Crippen molar-refractivity contribution in [1.29, 1.82) is 0 Å². The van der Waals surface area contributed by atoms with Crippen LogP contribution >= 0.6 is 11.3 Å². The third kappa shape index (κ3) is 3.92. The van der Waals surface area contributed by atoms with Crippen molar-refractivity contribution in [2.75, 3.05) is 0 Å². The van der Waals surface area contributed by atoms with Crippen LogP contribution in [0.2, 0.25) is 0 Å². The maximum atomic E-state index is 11.3. The lowest BCUT2D eigenvalue weighted by atomic mass is 10.0. The molecule has 1 heterocycles. The number of rotatable bonds is 2. The maximum absolute atomic E-state index is 11.3. The Morgan fingerprint density at radius 1 is 1.05 bits per heavy atom. The Balaban J connectivity index is 0.000000561. The van der Waals surface area contributed by atoms with E-state index < -0.39 is 5.97 Å². The molecule has 22 heavy (non-hydrogen) atoms. The molecule has 116 valence electrons. The molecule has 3 rings (SSSR count). The summed E-state index contributed by atoms with van der Waals surface area (Å²) in [5.41, 5.74) is 2.75. The van der Waals surface area contributed by atoms with Gasteiger partial charge in [-0.25, -0.2) is 4.79 Å². The minimum atomic E-state index is -0.913. The van der Waals surface area contributed by atoms with Crippen molar-refractivity contribution in [2.45, 2.75) is 27.7 Å². The van der Waals surface area contributed by atoms with Crippen LogP contribution < -0.4 is 0 Å². The molecule has 3 aromatic rings. The van der Waals surface area contributed by atoms with Gasteiger partial charge in [-0.05, 0) is 22.9 Å². The van der Waals surface area contributed by atoms with Crippen molar-refractivity contribution in [3.8, 4) is 10.4 Å². The van der Waals surface area contributed by atoms with Gasteiger partial charge in [-0.3, -0.25) is 4.98 Å². The SMILES string of the molecule is CC.CC.O=C(O)c1cc2ccccc2cc1-c1cncs1. The minimum absolute atomic E-state index is 0.318. The van der Waals surface area contributed by atoms with E-state index >= 15 is 0 Å². The van der Waals surface area contributed by atoms with Crippen LogP contribution in [-0.4, -0.2) is 16.1 Å². The topological polar surface area (TPSA) is 50.2 Å². The quantitative estimate of drug-likeness (QED) is 0.658. The average molecular weight is 315 g/mol. The molecule has 2 aromatic carbocycles. The monoisotopic (exact) mass is 315 g/mol. The molecule has 0 radical (unpaired) electrons. The molecular weight excluding hydrogens is 294 g/mol. The highest BCUT2D eigenvalue weighted by molar-refractivity contribution is 7.13. The van der Waals surface area contributed by atoms with Gasteiger partial charge in [0.2, 0.25) is 0 Å². The summed E-state index contributed by atoms with van der Waals surface area (Å²) in [6.07, 6.45) is 1.70. The molecular formula is C18H21NO2S. The van der Waals surface area contributed by atoms with Crippen LogP contribution in [0, 0.1) is 0 Å². The van der Waals surface area contributed by atoms with E-state index in [-0.39, 0.29) is 0 Å². The number of carbonyl (C=O) groups is 1. The van der Waals surface area contributed by atoms with Gasteiger partial charge < -0.3 is 5.11 Å². The molecule has 0 fully saturated rings. The highest BCUT2D eigenvalue weighted by Gasteiger charge is 2.14. The average Bonchev–Trinajstić information content (AvgIpc) is 3.11. The van der Waals surface area contributed by atoms with Crippen LogP contribution in [0.5, 0.6) is 0 Å². The molecule has 0 amide bonds. The molecule has 1 N–H and O–H groups in total. The molecule has 0 saturated carbocycles. The number of hydrogen-bond donors (Lipinski definition) is 1. The van der Waals surface area contributed by atoms with E-state index in [4.69, 9.17) is 0 Å². The number of fused-ring (bicyclic) bond motifs is 1. The molecule has 0 atom stereocenters. The minimum Gasteiger partial charge on any atom is -0.478 e. The second-order valence-corrected chi connectivity index (χ2v) is 4.80. The standard InChI is InChI=1S/C14H9NO2S.2C2H6/c16-14(17)12-6-10-4-2-1-3-9(10)5-11(12)13-7-15-8-18-13;2*1-2/h1-8H,(H,16,17);2*1-2H3. The van der Waals surface area contributed by atoms with Gasteiger partial charge in [0.05, 0.1) is 16.0 Å². The highest BCUT2D eigenvalue weighted by atomic mass is 32.1. The van der Waals surface area contributed by atoms with E-state index in [9.17, 15) is 9.90 Å². The van der Waals surface area contributed by atoms with Crippen molar-refractivity contribution in [3.05, 3.63) is 53.7 Å². The number of benzene rings is 2. The predicted octanol–water partition coefficient (Wildman–Crippen LogP) is 5.71. The summed E-state index contributed by atoms with van der Waals surface area (Å²) in [5.74, 6) is -0.913. The van der Waals surface area contributed by atoms with E-state index in [1.807, 2.05) is 58.0 Å². The fraction of sp³-hybridized carbons (Fsp3) is 0.222. The first-order chi connectivity index (χ1) is 10.8. The zero-order chi connectivity index (χ0) is 16.5. The first kappa shape index (κ1) is 17.9. The number of aromatic nitrogens is 1. The van der Waals surface area contributed by atoms with Crippen molar-refractivity contribution in [3.63, 3.8) is 0 Å². The van der Waals surface area contributed by atoms with Crippen LogP contribution in [0.25, 0.3) is 21.2 Å². The van der Waals surface area contributed by atoms with Crippen LogP contribution in [0.1, 0.15) is 38.1 Å². The summed E-state index contributed by atoms with van der Waals surface area (Å²) >= 11 is 1.44. The largest absolute Gasteiger partial charge is 0.478 e. The van der Waals surface area contributed by atoms with Crippen LogP contribution in [0.15, 0.2) is 48.1 Å². The maximum Gasteiger partial charge on any atom is 0.336 e. The molecule has 0 aliphatic carbocycles. The second kappa shape index (κ2) is 8.95. The Morgan fingerprint density at radius 2 is 1.64 bits per heavy atom. The zero-order valence-electron chi connectivity index (χ0n) is 13.3. The van der Waals surface area contributed by atoms with Gasteiger partial charge in [-0.1, -0.05) is 52.0 Å². The Kier molecular flexibility index (Phi) is 7.26. The fourth-order valence-electron chi connectivity index (χ4n) is 1.97. The second-order valence-electron chi connectivity index (χ2n) is 3.92. The van der Waals surface area contributed by atoms with Gasteiger partial charge in [0, 0.05) is 11.8 Å². The highest BCUT2D eigenvalue weighted by Crippen LogP contribution is 2.31. The summed E-state index contributed by atoms with van der Waals surface area (Å²) in [6.45, 7) is 8.00.